The van der Waals surface area contributed by atoms with Gasteiger partial charge in [0.2, 0.25) is 0 Å². The molecule has 0 aliphatic rings. The Kier molecular flexibility index (Phi) is 6.12. The average molecular weight is 351 g/mol. The molecule has 120 valence electrons. The molecule has 0 radical (unpaired) electrons. The van der Waals surface area contributed by atoms with Crippen LogP contribution in [-0.2, 0) is 9.53 Å². The highest BCUT2D eigenvalue weighted by atomic mass is 32.2. The van der Waals surface area contributed by atoms with Crippen LogP contribution in [0, 0.1) is 0 Å². The van der Waals surface area contributed by atoms with Crippen molar-refractivity contribution in [2.75, 3.05) is 12.9 Å². The van der Waals surface area contributed by atoms with Gasteiger partial charge in [-0.3, -0.25) is 20.4 Å². The molecule has 0 atom stereocenters. The van der Waals surface area contributed by atoms with E-state index in [1.807, 2.05) is 0 Å². The van der Waals surface area contributed by atoms with Gasteiger partial charge in [-0.2, -0.15) is 0 Å². The van der Waals surface area contributed by atoms with Gasteiger partial charge in [-0.1, -0.05) is 6.07 Å². The summed E-state index contributed by atoms with van der Waals surface area (Å²) < 4.78 is 4.90. The number of thioether (sulfide) groups is 1. The lowest BCUT2D eigenvalue weighted by Crippen LogP contribution is -2.43. The fraction of sp³-hybridized carbons (Fsp3) is 0.143. The van der Waals surface area contributed by atoms with Crippen LogP contribution in [0.1, 0.15) is 20.0 Å². The zero-order valence-electron chi connectivity index (χ0n) is 12.1. The van der Waals surface area contributed by atoms with Crippen LogP contribution < -0.4 is 10.9 Å². The highest BCUT2D eigenvalue weighted by molar-refractivity contribution is 7.98. The Bertz CT molecular complexity index is 704. The van der Waals surface area contributed by atoms with Gasteiger partial charge in [0.05, 0.1) is 10.4 Å². The number of thiophene rings is 1. The summed E-state index contributed by atoms with van der Waals surface area (Å²) in [6.45, 7) is -0.508. The van der Waals surface area contributed by atoms with Gasteiger partial charge in [0.15, 0.2) is 6.61 Å². The van der Waals surface area contributed by atoms with Crippen molar-refractivity contribution in [1.29, 1.82) is 0 Å². The Balaban J connectivity index is 1.80. The third kappa shape index (κ3) is 4.80. The zero-order chi connectivity index (χ0) is 16.7. The Hall–Kier alpha value is -2.39. The summed E-state index contributed by atoms with van der Waals surface area (Å²) in [6.07, 6.45) is 3.35. The molecule has 0 fully saturated rings. The largest absolute Gasteiger partial charge is 0.452 e. The first kappa shape index (κ1) is 17.0. The third-order valence-corrected chi connectivity index (χ3v) is 4.16. The van der Waals surface area contributed by atoms with Crippen LogP contribution in [0.25, 0.3) is 0 Å². The average Bonchev–Trinajstić information content (AvgIpc) is 3.12. The minimum absolute atomic E-state index is 0.287. The van der Waals surface area contributed by atoms with Crippen molar-refractivity contribution < 1.29 is 19.1 Å². The summed E-state index contributed by atoms with van der Waals surface area (Å²) in [6, 6.07) is 6.52. The molecule has 2 aromatic heterocycles. The molecule has 2 heterocycles. The van der Waals surface area contributed by atoms with E-state index < -0.39 is 24.4 Å². The second-order valence-corrected chi connectivity index (χ2v) is 5.86. The Morgan fingerprint density at radius 1 is 1.26 bits per heavy atom. The Morgan fingerprint density at radius 2 is 2.09 bits per heavy atom. The van der Waals surface area contributed by atoms with Gasteiger partial charge in [0.1, 0.15) is 5.03 Å². The van der Waals surface area contributed by atoms with Crippen molar-refractivity contribution in [1.82, 2.24) is 15.8 Å². The molecule has 0 spiro atoms. The van der Waals surface area contributed by atoms with Crippen molar-refractivity contribution in [2.45, 2.75) is 5.03 Å². The summed E-state index contributed by atoms with van der Waals surface area (Å²) in [5.41, 5.74) is 4.70. The lowest BCUT2D eigenvalue weighted by Gasteiger charge is -2.08. The molecule has 2 rings (SSSR count). The lowest BCUT2D eigenvalue weighted by atomic mass is 10.3. The number of ether oxygens (including phenoxy) is 1. The fourth-order valence-electron chi connectivity index (χ4n) is 1.55. The molecule has 23 heavy (non-hydrogen) atoms. The smallest absolute Gasteiger partial charge is 0.341 e. The summed E-state index contributed by atoms with van der Waals surface area (Å²) in [7, 11) is 0. The van der Waals surface area contributed by atoms with Crippen molar-refractivity contribution in [3.8, 4) is 0 Å². The molecule has 0 saturated heterocycles. The first-order valence-corrected chi connectivity index (χ1v) is 8.51. The van der Waals surface area contributed by atoms with Gasteiger partial charge in [0.25, 0.3) is 11.8 Å². The molecule has 7 nitrogen and oxygen atoms in total. The molecule has 2 amide bonds. The zero-order valence-corrected chi connectivity index (χ0v) is 13.7. The SMILES string of the molecule is CSc1ncccc1C(=O)OCC(=O)NNC(=O)c1cccs1. The number of esters is 1. The fourth-order valence-corrected chi connectivity index (χ4v) is 2.71. The van der Waals surface area contributed by atoms with E-state index >= 15 is 0 Å². The maximum Gasteiger partial charge on any atom is 0.341 e. The molecule has 2 aromatic rings. The normalized spacial score (nSPS) is 9.96. The summed E-state index contributed by atoms with van der Waals surface area (Å²) in [4.78, 5) is 39.6. The number of nitrogens with one attached hydrogen (secondary N) is 2. The number of hydrazine groups is 1. The van der Waals surface area contributed by atoms with Gasteiger partial charge in [-0.15, -0.1) is 23.1 Å². The maximum absolute atomic E-state index is 11.9. The standard InChI is InChI=1S/C14H13N3O4S2/c1-22-13-9(4-2-6-15-13)14(20)21-8-11(18)16-17-12(19)10-5-3-7-23-10/h2-7H,8H2,1H3,(H,16,18)(H,17,19). The number of amides is 2. The van der Waals surface area contributed by atoms with E-state index in [4.69, 9.17) is 4.74 Å². The third-order valence-electron chi connectivity index (χ3n) is 2.58. The Labute approximate surface area is 140 Å². The molecule has 0 aliphatic carbocycles. The molecular weight excluding hydrogens is 338 g/mol. The van der Waals surface area contributed by atoms with E-state index in [1.165, 1.54) is 23.1 Å². The lowest BCUT2D eigenvalue weighted by molar-refractivity contribution is -0.125. The molecule has 0 bridgehead atoms. The summed E-state index contributed by atoms with van der Waals surface area (Å²) >= 11 is 2.55. The van der Waals surface area contributed by atoms with Gasteiger partial charge >= 0.3 is 5.97 Å². The van der Waals surface area contributed by atoms with Gasteiger partial charge < -0.3 is 4.74 Å². The number of pyridine rings is 1. The topological polar surface area (TPSA) is 97.4 Å². The first-order valence-electron chi connectivity index (χ1n) is 6.40. The molecule has 2 N–H and O–H groups in total. The predicted molar refractivity (Wildman–Crippen MR) is 86.2 cm³/mol. The van der Waals surface area contributed by atoms with E-state index in [2.05, 4.69) is 15.8 Å². The van der Waals surface area contributed by atoms with Crippen LogP contribution in [0.5, 0.6) is 0 Å². The minimum Gasteiger partial charge on any atom is -0.452 e. The molecule has 0 saturated carbocycles. The summed E-state index contributed by atoms with van der Waals surface area (Å²) in [5.74, 6) is -1.73. The molecule has 0 aromatic carbocycles. The Morgan fingerprint density at radius 3 is 2.78 bits per heavy atom. The second-order valence-electron chi connectivity index (χ2n) is 4.12. The van der Waals surface area contributed by atoms with Crippen LogP contribution in [-0.4, -0.2) is 35.6 Å². The van der Waals surface area contributed by atoms with E-state index in [0.717, 1.165) is 0 Å². The number of rotatable bonds is 5. The molecule has 9 heteroatoms. The molecule has 0 unspecified atom stereocenters. The minimum atomic E-state index is -0.651. The van der Waals surface area contributed by atoms with E-state index in [-0.39, 0.29) is 5.56 Å². The summed E-state index contributed by atoms with van der Waals surface area (Å²) in [5, 5.41) is 2.26. The highest BCUT2D eigenvalue weighted by Gasteiger charge is 2.15. The molecule has 0 aliphatic heterocycles. The number of carbonyl (C=O) groups is 3. The van der Waals surface area contributed by atoms with Crippen molar-refractivity contribution in [3.63, 3.8) is 0 Å². The van der Waals surface area contributed by atoms with Crippen LogP contribution >= 0.6 is 23.1 Å². The first-order chi connectivity index (χ1) is 11.1. The van der Waals surface area contributed by atoms with Crippen LogP contribution in [0.3, 0.4) is 0 Å². The number of hydrogen-bond donors (Lipinski definition) is 2. The van der Waals surface area contributed by atoms with Gasteiger partial charge in [-0.05, 0) is 29.8 Å². The van der Waals surface area contributed by atoms with Crippen molar-refractivity contribution >= 4 is 40.9 Å². The number of hydrogen-bond acceptors (Lipinski definition) is 7. The van der Waals surface area contributed by atoms with E-state index in [0.29, 0.717) is 9.90 Å². The number of nitrogens with zero attached hydrogens (tertiary/aromatic N) is 1. The predicted octanol–water partition coefficient (Wildman–Crippen LogP) is 1.48. The number of carbonyl (C=O) groups excluding carboxylic acids is 3. The maximum atomic E-state index is 11.9. The van der Waals surface area contributed by atoms with Crippen LogP contribution in [0.4, 0.5) is 0 Å². The number of aromatic nitrogens is 1. The van der Waals surface area contributed by atoms with E-state index in [9.17, 15) is 14.4 Å². The van der Waals surface area contributed by atoms with Crippen LogP contribution in [0.15, 0.2) is 40.9 Å². The van der Waals surface area contributed by atoms with Crippen molar-refractivity contribution in [2.24, 2.45) is 0 Å². The molecular formula is C14H13N3O4S2. The quantitative estimate of drug-likeness (QED) is 0.481. The van der Waals surface area contributed by atoms with Crippen LogP contribution in [0.2, 0.25) is 0 Å². The second kappa shape index (κ2) is 8.30. The van der Waals surface area contributed by atoms with Gasteiger partial charge in [-0.25, -0.2) is 9.78 Å². The highest BCUT2D eigenvalue weighted by Crippen LogP contribution is 2.17. The van der Waals surface area contributed by atoms with Crippen molar-refractivity contribution in [3.05, 3.63) is 46.3 Å². The van der Waals surface area contributed by atoms with E-state index in [1.54, 1.807) is 42.1 Å². The monoisotopic (exact) mass is 351 g/mol. The van der Waals surface area contributed by atoms with Gasteiger partial charge in [0, 0.05) is 6.20 Å².